The van der Waals surface area contributed by atoms with Crippen LogP contribution in [0.25, 0.3) is 0 Å². The number of nitrogens with zero attached hydrogens (tertiary/aromatic N) is 4. The highest BCUT2D eigenvalue weighted by Gasteiger charge is 2.11. The summed E-state index contributed by atoms with van der Waals surface area (Å²) < 4.78 is 1.95. The molecule has 17 heavy (non-hydrogen) atoms. The van der Waals surface area contributed by atoms with E-state index in [0.29, 0.717) is 13.1 Å². The molecule has 0 bridgehead atoms. The van der Waals surface area contributed by atoms with Gasteiger partial charge in [-0.05, 0) is 20.8 Å². The number of amides is 1. The van der Waals surface area contributed by atoms with Crippen LogP contribution >= 0.6 is 0 Å². The topological polar surface area (TPSA) is 63.1 Å². The van der Waals surface area contributed by atoms with Crippen LogP contribution in [-0.2, 0) is 17.9 Å². The molecule has 0 aliphatic carbocycles. The molecule has 0 radical (unpaired) electrons. The first kappa shape index (κ1) is 13.6. The zero-order valence-corrected chi connectivity index (χ0v) is 11.0. The van der Waals surface area contributed by atoms with Crippen LogP contribution in [0.3, 0.4) is 0 Å². The summed E-state index contributed by atoms with van der Waals surface area (Å²) in [6, 6.07) is 0.226. The van der Waals surface area contributed by atoms with Gasteiger partial charge < -0.3 is 14.8 Å². The second-order valence-electron chi connectivity index (χ2n) is 4.24. The predicted octanol–water partition coefficient (Wildman–Crippen LogP) is 0.254. The quantitative estimate of drug-likeness (QED) is 0.773. The molecular weight excluding hydrogens is 218 g/mol. The molecule has 1 N–H and O–H groups in total. The number of aryl methyl sites for hydroxylation is 1. The van der Waals surface area contributed by atoms with E-state index in [0.717, 1.165) is 12.4 Å². The fraction of sp³-hybridized carbons (Fsp3) is 0.727. The van der Waals surface area contributed by atoms with E-state index < -0.39 is 0 Å². The van der Waals surface area contributed by atoms with Gasteiger partial charge >= 0.3 is 0 Å². The van der Waals surface area contributed by atoms with Gasteiger partial charge in [-0.2, -0.15) is 0 Å². The van der Waals surface area contributed by atoms with Crippen molar-refractivity contribution in [2.75, 3.05) is 13.6 Å². The number of aromatic nitrogens is 3. The van der Waals surface area contributed by atoms with Gasteiger partial charge in [0, 0.05) is 19.6 Å². The van der Waals surface area contributed by atoms with Gasteiger partial charge in [-0.15, -0.1) is 10.2 Å². The fourth-order valence-corrected chi connectivity index (χ4v) is 1.37. The lowest BCUT2D eigenvalue weighted by Gasteiger charge is -2.21. The molecular formula is C11H21N5O. The van der Waals surface area contributed by atoms with Gasteiger partial charge in [0.2, 0.25) is 5.91 Å². The van der Waals surface area contributed by atoms with Crippen LogP contribution in [0.4, 0.5) is 0 Å². The molecule has 1 heterocycles. The Balaban J connectivity index is 2.35. The third-order valence-corrected chi connectivity index (χ3v) is 2.76. The lowest BCUT2D eigenvalue weighted by molar-refractivity contribution is -0.130. The SMILES string of the molecule is CCn1cnnc1CNCC(=O)N(C)C(C)C. The van der Waals surface area contributed by atoms with E-state index in [9.17, 15) is 4.79 Å². The van der Waals surface area contributed by atoms with E-state index in [1.165, 1.54) is 0 Å². The average Bonchev–Trinajstić information content (AvgIpc) is 2.75. The summed E-state index contributed by atoms with van der Waals surface area (Å²) >= 11 is 0. The largest absolute Gasteiger partial charge is 0.342 e. The smallest absolute Gasteiger partial charge is 0.236 e. The first-order valence-corrected chi connectivity index (χ1v) is 5.89. The molecule has 0 saturated carbocycles. The van der Waals surface area contributed by atoms with Crippen molar-refractivity contribution in [2.24, 2.45) is 0 Å². The Morgan fingerprint density at radius 2 is 2.29 bits per heavy atom. The molecule has 0 fully saturated rings. The molecule has 0 unspecified atom stereocenters. The Morgan fingerprint density at radius 1 is 1.59 bits per heavy atom. The Kier molecular flexibility index (Phi) is 5.09. The molecule has 0 spiro atoms. The lowest BCUT2D eigenvalue weighted by Crippen LogP contribution is -2.39. The highest BCUT2D eigenvalue weighted by Crippen LogP contribution is 1.96. The summed E-state index contributed by atoms with van der Waals surface area (Å²) in [5.74, 6) is 0.940. The molecule has 6 nitrogen and oxygen atoms in total. The van der Waals surface area contributed by atoms with Gasteiger partial charge in [0.15, 0.2) is 0 Å². The zero-order valence-electron chi connectivity index (χ0n) is 11.0. The van der Waals surface area contributed by atoms with Crippen LogP contribution in [0.2, 0.25) is 0 Å². The molecule has 1 amide bonds. The number of rotatable bonds is 6. The first-order chi connectivity index (χ1) is 8.06. The van der Waals surface area contributed by atoms with E-state index >= 15 is 0 Å². The number of carbonyl (C=O) groups excluding carboxylic acids is 1. The highest BCUT2D eigenvalue weighted by atomic mass is 16.2. The highest BCUT2D eigenvalue weighted by molar-refractivity contribution is 5.78. The second kappa shape index (κ2) is 6.34. The Hall–Kier alpha value is -1.43. The number of hydrogen-bond donors (Lipinski definition) is 1. The van der Waals surface area contributed by atoms with Crippen molar-refractivity contribution in [3.63, 3.8) is 0 Å². The van der Waals surface area contributed by atoms with Crippen molar-refractivity contribution >= 4 is 5.91 Å². The summed E-state index contributed by atoms with van der Waals surface area (Å²) in [7, 11) is 1.81. The monoisotopic (exact) mass is 239 g/mol. The summed E-state index contributed by atoms with van der Waals surface area (Å²) in [4.78, 5) is 13.4. The van der Waals surface area contributed by atoms with E-state index in [-0.39, 0.29) is 11.9 Å². The van der Waals surface area contributed by atoms with E-state index in [2.05, 4.69) is 15.5 Å². The lowest BCUT2D eigenvalue weighted by atomic mass is 10.3. The Bertz CT molecular complexity index is 360. The zero-order chi connectivity index (χ0) is 12.8. The van der Waals surface area contributed by atoms with Gasteiger partial charge in [0.25, 0.3) is 0 Å². The first-order valence-electron chi connectivity index (χ1n) is 5.89. The number of nitrogens with one attached hydrogen (secondary N) is 1. The van der Waals surface area contributed by atoms with Crippen LogP contribution < -0.4 is 5.32 Å². The van der Waals surface area contributed by atoms with Crippen LogP contribution in [-0.4, -0.2) is 45.2 Å². The minimum atomic E-state index is 0.0857. The third kappa shape index (κ3) is 3.81. The van der Waals surface area contributed by atoms with Crippen molar-refractivity contribution in [2.45, 2.75) is 39.9 Å². The van der Waals surface area contributed by atoms with Crippen LogP contribution in [0, 0.1) is 0 Å². The molecule has 1 aromatic rings. The maximum absolute atomic E-state index is 11.7. The molecule has 96 valence electrons. The normalized spacial score (nSPS) is 10.9. The Morgan fingerprint density at radius 3 is 2.88 bits per heavy atom. The summed E-state index contributed by atoms with van der Waals surface area (Å²) in [5.41, 5.74) is 0. The number of carbonyl (C=O) groups is 1. The van der Waals surface area contributed by atoms with Gasteiger partial charge in [0.1, 0.15) is 12.2 Å². The van der Waals surface area contributed by atoms with Crippen molar-refractivity contribution in [1.82, 2.24) is 25.0 Å². The molecule has 1 aromatic heterocycles. The minimum absolute atomic E-state index is 0.0857. The third-order valence-electron chi connectivity index (χ3n) is 2.76. The van der Waals surface area contributed by atoms with Crippen molar-refractivity contribution < 1.29 is 4.79 Å². The summed E-state index contributed by atoms with van der Waals surface area (Å²) in [5, 5.41) is 10.9. The van der Waals surface area contributed by atoms with Crippen LogP contribution in [0.15, 0.2) is 6.33 Å². The molecule has 1 rings (SSSR count). The molecule has 0 aromatic carbocycles. The molecule has 0 aliphatic heterocycles. The molecule has 0 aliphatic rings. The number of likely N-dealkylation sites (N-methyl/N-ethyl adjacent to an activating group) is 1. The average molecular weight is 239 g/mol. The van der Waals surface area contributed by atoms with Gasteiger partial charge in [-0.3, -0.25) is 4.79 Å². The van der Waals surface area contributed by atoms with E-state index in [1.54, 1.807) is 11.2 Å². The van der Waals surface area contributed by atoms with Crippen LogP contribution in [0.1, 0.15) is 26.6 Å². The second-order valence-corrected chi connectivity index (χ2v) is 4.24. The fourth-order valence-electron chi connectivity index (χ4n) is 1.37. The van der Waals surface area contributed by atoms with E-state index in [4.69, 9.17) is 0 Å². The van der Waals surface area contributed by atoms with Crippen LogP contribution in [0.5, 0.6) is 0 Å². The number of hydrogen-bond acceptors (Lipinski definition) is 4. The van der Waals surface area contributed by atoms with Gasteiger partial charge in [0.05, 0.1) is 13.1 Å². The molecule has 0 saturated heterocycles. The van der Waals surface area contributed by atoms with Gasteiger partial charge in [-0.1, -0.05) is 0 Å². The Labute approximate surface area is 102 Å². The van der Waals surface area contributed by atoms with Gasteiger partial charge in [-0.25, -0.2) is 0 Å². The maximum atomic E-state index is 11.7. The summed E-state index contributed by atoms with van der Waals surface area (Å²) in [6.07, 6.45) is 1.69. The minimum Gasteiger partial charge on any atom is -0.342 e. The molecule has 0 atom stereocenters. The van der Waals surface area contributed by atoms with E-state index in [1.807, 2.05) is 32.4 Å². The maximum Gasteiger partial charge on any atom is 0.236 e. The van der Waals surface area contributed by atoms with Crippen molar-refractivity contribution in [3.8, 4) is 0 Å². The van der Waals surface area contributed by atoms with Crippen molar-refractivity contribution in [3.05, 3.63) is 12.2 Å². The standard InChI is InChI=1S/C11H21N5O/c1-5-16-8-13-14-10(16)6-12-7-11(17)15(4)9(2)3/h8-9,12H,5-7H2,1-4H3. The predicted molar refractivity (Wildman–Crippen MR) is 65.3 cm³/mol. The summed E-state index contributed by atoms with van der Waals surface area (Å²) in [6.45, 7) is 7.74. The van der Waals surface area contributed by atoms with Crippen molar-refractivity contribution in [1.29, 1.82) is 0 Å². The molecule has 6 heteroatoms.